The summed E-state index contributed by atoms with van der Waals surface area (Å²) in [5.74, 6) is -1.30. The van der Waals surface area contributed by atoms with Crippen molar-refractivity contribution in [2.75, 3.05) is 26.2 Å². The molecule has 1 aliphatic heterocycles. The van der Waals surface area contributed by atoms with E-state index in [1.165, 1.54) is 38.6 Å². The Morgan fingerprint density at radius 1 is 1.00 bits per heavy atom. The third-order valence-electron chi connectivity index (χ3n) is 5.40. The Hall–Kier alpha value is -3.62. The second-order valence-electron chi connectivity index (χ2n) is 7.17. The molecule has 0 aliphatic carbocycles. The molecule has 8 nitrogen and oxygen atoms in total. The Morgan fingerprint density at radius 2 is 1.68 bits per heavy atom. The number of nitrogens with zero attached hydrogens (tertiary/aromatic N) is 1. The molecule has 0 radical (unpaired) electrons. The number of anilines is 1. The lowest BCUT2D eigenvalue weighted by atomic mass is 9.98. The van der Waals surface area contributed by atoms with Crippen LogP contribution in [0.25, 0.3) is 5.76 Å². The fourth-order valence-electron chi connectivity index (χ4n) is 3.85. The van der Waals surface area contributed by atoms with Gasteiger partial charge >= 0.3 is 0 Å². The lowest BCUT2D eigenvalue weighted by molar-refractivity contribution is -0.132. The van der Waals surface area contributed by atoms with Crippen LogP contribution < -0.4 is 19.1 Å². The quantitative estimate of drug-likeness (QED) is 0.279. The maximum Gasteiger partial charge on any atom is 0.300 e. The van der Waals surface area contributed by atoms with Crippen LogP contribution in [0.1, 0.15) is 17.4 Å². The van der Waals surface area contributed by atoms with Crippen LogP contribution in [-0.2, 0) is 9.59 Å². The molecule has 1 fully saturated rings. The fraction of sp³-hybridized carbons (Fsp3) is 0.167. The summed E-state index contributed by atoms with van der Waals surface area (Å²) in [6, 6.07) is 10.1. The SMILES string of the molecule is COc1ccc(N2C(=O)C(=O)/C(=C(\O)c3cc(Cl)c(OC)c(Cl)c3OC)C2c2ccco2)cc1. The van der Waals surface area contributed by atoms with E-state index >= 15 is 0 Å². The van der Waals surface area contributed by atoms with E-state index in [0.29, 0.717) is 11.4 Å². The van der Waals surface area contributed by atoms with Crippen molar-refractivity contribution in [3.63, 3.8) is 0 Å². The minimum Gasteiger partial charge on any atom is -0.507 e. The standard InChI is InChI=1S/C24H19Cl2NO7/c1-31-13-8-6-12(7-9-13)27-19(16-5-4-10-34-16)17(21(29)24(27)30)20(28)14-11-15(25)23(33-3)18(26)22(14)32-2/h4-11,19,28H,1-3H3/b20-17-. The largest absolute Gasteiger partial charge is 0.507 e. The smallest absolute Gasteiger partial charge is 0.300 e. The van der Waals surface area contributed by atoms with Gasteiger partial charge in [-0.15, -0.1) is 0 Å². The molecule has 0 bridgehead atoms. The number of halogens is 2. The summed E-state index contributed by atoms with van der Waals surface area (Å²) in [5.41, 5.74) is 0.204. The Morgan fingerprint density at radius 3 is 2.24 bits per heavy atom. The molecule has 1 atom stereocenters. The van der Waals surface area contributed by atoms with Gasteiger partial charge in [0, 0.05) is 5.69 Å². The number of ketones is 1. The van der Waals surface area contributed by atoms with Crippen LogP contribution >= 0.6 is 23.2 Å². The van der Waals surface area contributed by atoms with Crippen LogP contribution in [0.3, 0.4) is 0 Å². The van der Waals surface area contributed by atoms with Gasteiger partial charge in [-0.05, 0) is 42.5 Å². The van der Waals surface area contributed by atoms with Crippen molar-refractivity contribution in [3.05, 3.63) is 75.7 Å². The first-order chi connectivity index (χ1) is 16.3. The highest BCUT2D eigenvalue weighted by Gasteiger charge is 2.48. The molecule has 1 aliphatic rings. The van der Waals surface area contributed by atoms with Crippen molar-refractivity contribution in [2.45, 2.75) is 6.04 Å². The summed E-state index contributed by atoms with van der Waals surface area (Å²) in [6.07, 6.45) is 1.41. The van der Waals surface area contributed by atoms with Gasteiger partial charge in [0.25, 0.3) is 11.7 Å². The molecule has 1 amide bonds. The number of furan rings is 1. The van der Waals surface area contributed by atoms with E-state index in [2.05, 4.69) is 0 Å². The first-order valence-electron chi connectivity index (χ1n) is 9.92. The molecule has 34 heavy (non-hydrogen) atoms. The molecule has 1 unspecified atom stereocenters. The van der Waals surface area contributed by atoms with E-state index in [1.807, 2.05) is 0 Å². The van der Waals surface area contributed by atoms with E-state index in [0.717, 1.165) is 0 Å². The fourth-order valence-corrected chi connectivity index (χ4v) is 4.54. The first kappa shape index (κ1) is 23.5. The molecule has 1 N–H and O–H groups in total. The van der Waals surface area contributed by atoms with Crippen LogP contribution in [-0.4, -0.2) is 38.1 Å². The summed E-state index contributed by atoms with van der Waals surface area (Å²) in [6.45, 7) is 0. The highest BCUT2D eigenvalue weighted by molar-refractivity contribution is 6.51. The number of carbonyl (C=O) groups is 2. The first-order valence-corrected chi connectivity index (χ1v) is 10.7. The topological polar surface area (TPSA) is 98.4 Å². The van der Waals surface area contributed by atoms with Crippen molar-refractivity contribution in [1.82, 2.24) is 0 Å². The molecular formula is C24H19Cl2NO7. The van der Waals surface area contributed by atoms with Gasteiger partial charge in [-0.2, -0.15) is 0 Å². The number of Topliss-reactive ketones (excluding diaryl/α,β-unsaturated/α-hetero) is 1. The zero-order valence-corrected chi connectivity index (χ0v) is 19.8. The van der Waals surface area contributed by atoms with E-state index in [4.69, 9.17) is 41.8 Å². The van der Waals surface area contributed by atoms with Gasteiger partial charge in [0.1, 0.15) is 28.3 Å². The monoisotopic (exact) mass is 503 g/mol. The van der Waals surface area contributed by atoms with Crippen molar-refractivity contribution in [3.8, 4) is 17.2 Å². The third kappa shape index (κ3) is 3.74. The number of aliphatic hydroxyl groups is 1. The van der Waals surface area contributed by atoms with Gasteiger partial charge < -0.3 is 23.7 Å². The van der Waals surface area contributed by atoms with E-state index in [9.17, 15) is 14.7 Å². The molecule has 1 aromatic heterocycles. The molecule has 3 aromatic rings. The molecule has 10 heteroatoms. The number of amides is 1. The van der Waals surface area contributed by atoms with Gasteiger partial charge in [-0.25, -0.2) is 0 Å². The normalized spacial score (nSPS) is 17.2. The molecule has 0 saturated carbocycles. The van der Waals surface area contributed by atoms with Crippen LogP contribution in [0.2, 0.25) is 10.0 Å². The highest BCUT2D eigenvalue weighted by atomic mass is 35.5. The number of benzene rings is 2. The summed E-state index contributed by atoms with van der Waals surface area (Å²) in [7, 11) is 4.23. The zero-order chi connectivity index (χ0) is 24.6. The molecular weight excluding hydrogens is 485 g/mol. The Labute approximate surface area is 204 Å². The molecule has 1 saturated heterocycles. The summed E-state index contributed by atoms with van der Waals surface area (Å²) < 4.78 is 21.3. The van der Waals surface area contributed by atoms with Gasteiger partial charge in [0.05, 0.1) is 43.8 Å². The van der Waals surface area contributed by atoms with E-state index < -0.39 is 23.5 Å². The summed E-state index contributed by atoms with van der Waals surface area (Å²) >= 11 is 12.6. The van der Waals surface area contributed by atoms with Crippen molar-refractivity contribution in [1.29, 1.82) is 0 Å². The number of hydrogen-bond donors (Lipinski definition) is 1. The third-order valence-corrected chi connectivity index (χ3v) is 6.03. The lowest BCUT2D eigenvalue weighted by Gasteiger charge is -2.24. The number of carbonyl (C=O) groups excluding carboxylic acids is 2. The minimum atomic E-state index is -1.06. The maximum atomic E-state index is 13.2. The van der Waals surface area contributed by atoms with E-state index in [-0.39, 0.29) is 38.4 Å². The van der Waals surface area contributed by atoms with Crippen molar-refractivity contribution < 1.29 is 33.3 Å². The second kappa shape index (κ2) is 9.32. The number of aliphatic hydroxyl groups excluding tert-OH is 1. The van der Waals surface area contributed by atoms with Gasteiger partial charge in [-0.3, -0.25) is 14.5 Å². The molecule has 2 aromatic carbocycles. The molecule has 176 valence electrons. The Balaban J connectivity index is 1.96. The molecule has 4 rings (SSSR count). The van der Waals surface area contributed by atoms with Gasteiger partial charge in [-0.1, -0.05) is 23.2 Å². The van der Waals surface area contributed by atoms with Crippen LogP contribution in [0, 0.1) is 0 Å². The van der Waals surface area contributed by atoms with Gasteiger partial charge in [0.15, 0.2) is 11.5 Å². The number of rotatable bonds is 6. The van der Waals surface area contributed by atoms with Crippen molar-refractivity contribution >= 4 is 46.3 Å². The van der Waals surface area contributed by atoms with Crippen molar-refractivity contribution in [2.24, 2.45) is 0 Å². The highest BCUT2D eigenvalue weighted by Crippen LogP contribution is 2.48. The van der Waals surface area contributed by atoms with Crippen LogP contribution in [0.15, 0.2) is 58.7 Å². The zero-order valence-electron chi connectivity index (χ0n) is 18.3. The molecule has 2 heterocycles. The van der Waals surface area contributed by atoms with Gasteiger partial charge in [0.2, 0.25) is 0 Å². The molecule has 0 spiro atoms. The predicted octanol–water partition coefficient (Wildman–Crippen LogP) is 5.24. The second-order valence-corrected chi connectivity index (χ2v) is 7.95. The Kier molecular flexibility index (Phi) is 6.45. The van der Waals surface area contributed by atoms with Crippen LogP contribution in [0.4, 0.5) is 5.69 Å². The average Bonchev–Trinajstić information content (AvgIpc) is 3.45. The number of ether oxygens (including phenoxy) is 3. The predicted molar refractivity (Wildman–Crippen MR) is 126 cm³/mol. The summed E-state index contributed by atoms with van der Waals surface area (Å²) in [4.78, 5) is 27.6. The lowest BCUT2D eigenvalue weighted by Crippen LogP contribution is -2.29. The number of methoxy groups -OCH3 is 3. The Bertz CT molecular complexity index is 1280. The number of hydrogen-bond acceptors (Lipinski definition) is 7. The maximum absolute atomic E-state index is 13.2. The average molecular weight is 504 g/mol. The minimum absolute atomic E-state index is 0.00187. The summed E-state index contributed by atoms with van der Waals surface area (Å²) in [5, 5.41) is 11.4. The van der Waals surface area contributed by atoms with E-state index in [1.54, 1.807) is 36.4 Å². The van der Waals surface area contributed by atoms with Crippen LogP contribution in [0.5, 0.6) is 17.2 Å².